The maximum atomic E-state index is 5.79. The van der Waals surface area contributed by atoms with E-state index in [1.807, 2.05) is 5.06 Å². The second-order valence-electron chi connectivity index (χ2n) is 5.24. The molecule has 1 aliphatic carbocycles. The van der Waals surface area contributed by atoms with Crippen LogP contribution in [0.25, 0.3) is 0 Å². The summed E-state index contributed by atoms with van der Waals surface area (Å²) in [6.45, 7) is 3.52. The van der Waals surface area contributed by atoms with Crippen LogP contribution in [-0.2, 0) is 9.57 Å². The zero-order valence-corrected chi connectivity index (χ0v) is 10.5. The fourth-order valence-electron chi connectivity index (χ4n) is 3.05. The largest absolute Gasteiger partial charge is 0.350 e. The van der Waals surface area contributed by atoms with Gasteiger partial charge in [-0.15, -0.1) is 0 Å². The zero-order valence-electron chi connectivity index (χ0n) is 10.5. The standard InChI is InChI=1S/C14H21NO2/c1-11-9-13(12-5-3-2-4-6-12)15-14(10-11)16-7-8-17-15/h9-10,12,14H,2-8H2,1H3. The van der Waals surface area contributed by atoms with Gasteiger partial charge in [-0.1, -0.05) is 19.3 Å². The van der Waals surface area contributed by atoms with Gasteiger partial charge in [0.15, 0.2) is 6.23 Å². The first kappa shape index (κ1) is 11.3. The van der Waals surface area contributed by atoms with Crippen molar-refractivity contribution in [2.45, 2.75) is 45.3 Å². The smallest absolute Gasteiger partial charge is 0.173 e. The van der Waals surface area contributed by atoms with E-state index in [0.717, 1.165) is 0 Å². The second-order valence-corrected chi connectivity index (χ2v) is 5.24. The van der Waals surface area contributed by atoms with E-state index in [4.69, 9.17) is 9.57 Å². The molecule has 0 bridgehead atoms. The minimum absolute atomic E-state index is 0.00526. The van der Waals surface area contributed by atoms with Crippen LogP contribution in [-0.4, -0.2) is 24.5 Å². The average molecular weight is 235 g/mol. The van der Waals surface area contributed by atoms with Gasteiger partial charge in [-0.3, -0.25) is 4.84 Å². The highest BCUT2D eigenvalue weighted by molar-refractivity contribution is 5.28. The quantitative estimate of drug-likeness (QED) is 0.697. The van der Waals surface area contributed by atoms with Gasteiger partial charge in [-0.2, -0.15) is 0 Å². The minimum atomic E-state index is 0.00526. The van der Waals surface area contributed by atoms with Crippen LogP contribution in [0.3, 0.4) is 0 Å². The molecule has 0 N–H and O–H groups in total. The van der Waals surface area contributed by atoms with Crippen molar-refractivity contribution < 1.29 is 9.57 Å². The molecular weight excluding hydrogens is 214 g/mol. The van der Waals surface area contributed by atoms with E-state index in [-0.39, 0.29) is 6.23 Å². The molecule has 3 rings (SSSR count). The number of hydroxylamine groups is 2. The van der Waals surface area contributed by atoms with Gasteiger partial charge in [0.1, 0.15) is 0 Å². The number of fused-ring (bicyclic) bond motifs is 1. The van der Waals surface area contributed by atoms with Gasteiger partial charge in [-0.25, -0.2) is 5.06 Å². The van der Waals surface area contributed by atoms with Crippen molar-refractivity contribution in [1.29, 1.82) is 0 Å². The third kappa shape index (κ3) is 2.26. The van der Waals surface area contributed by atoms with Crippen LogP contribution in [0.1, 0.15) is 39.0 Å². The number of nitrogens with zero attached hydrogens (tertiary/aromatic N) is 1. The van der Waals surface area contributed by atoms with Crippen LogP contribution in [0.5, 0.6) is 0 Å². The molecular formula is C14H21NO2. The monoisotopic (exact) mass is 235 g/mol. The molecule has 94 valence electrons. The van der Waals surface area contributed by atoms with Crippen LogP contribution >= 0.6 is 0 Å². The molecule has 3 heteroatoms. The molecule has 17 heavy (non-hydrogen) atoms. The summed E-state index contributed by atoms with van der Waals surface area (Å²) >= 11 is 0. The van der Waals surface area contributed by atoms with Crippen LogP contribution < -0.4 is 0 Å². The Morgan fingerprint density at radius 3 is 2.82 bits per heavy atom. The molecule has 3 aliphatic rings. The molecule has 2 heterocycles. The van der Waals surface area contributed by atoms with Gasteiger partial charge in [0.2, 0.25) is 0 Å². The number of ether oxygens (including phenoxy) is 1. The van der Waals surface area contributed by atoms with Gasteiger partial charge in [0.05, 0.1) is 13.2 Å². The molecule has 0 radical (unpaired) electrons. The van der Waals surface area contributed by atoms with Crippen molar-refractivity contribution in [1.82, 2.24) is 5.06 Å². The Morgan fingerprint density at radius 1 is 1.18 bits per heavy atom. The lowest BCUT2D eigenvalue weighted by molar-refractivity contribution is -0.270. The summed E-state index contributed by atoms with van der Waals surface area (Å²) < 4.78 is 5.76. The highest BCUT2D eigenvalue weighted by atomic mass is 16.7. The van der Waals surface area contributed by atoms with Crippen molar-refractivity contribution in [2.75, 3.05) is 13.2 Å². The van der Waals surface area contributed by atoms with Gasteiger partial charge in [0, 0.05) is 11.6 Å². The summed E-state index contributed by atoms with van der Waals surface area (Å²) in [6, 6.07) is 0. The van der Waals surface area contributed by atoms with Crippen molar-refractivity contribution in [3.05, 3.63) is 23.4 Å². The lowest BCUT2D eigenvalue weighted by Crippen LogP contribution is -2.44. The maximum Gasteiger partial charge on any atom is 0.173 e. The molecule has 1 atom stereocenters. The Labute approximate surface area is 103 Å². The average Bonchev–Trinajstić information content (AvgIpc) is 2.39. The summed E-state index contributed by atoms with van der Waals surface area (Å²) in [5, 5.41) is 2.01. The Balaban J connectivity index is 1.82. The maximum absolute atomic E-state index is 5.79. The Hall–Kier alpha value is -0.800. The molecule has 2 aliphatic heterocycles. The van der Waals surface area contributed by atoms with E-state index < -0.39 is 0 Å². The van der Waals surface area contributed by atoms with E-state index in [0.29, 0.717) is 19.1 Å². The van der Waals surface area contributed by atoms with Gasteiger partial charge in [0.25, 0.3) is 0 Å². The van der Waals surface area contributed by atoms with Gasteiger partial charge < -0.3 is 4.74 Å². The highest BCUT2D eigenvalue weighted by Crippen LogP contribution is 2.36. The molecule has 0 spiro atoms. The molecule has 3 nitrogen and oxygen atoms in total. The summed E-state index contributed by atoms with van der Waals surface area (Å²) in [5.74, 6) is 0.664. The highest BCUT2D eigenvalue weighted by Gasteiger charge is 2.32. The first-order chi connectivity index (χ1) is 8.34. The van der Waals surface area contributed by atoms with E-state index in [1.54, 1.807) is 0 Å². The third-order valence-corrected chi connectivity index (χ3v) is 3.89. The summed E-state index contributed by atoms with van der Waals surface area (Å²) in [7, 11) is 0. The van der Waals surface area contributed by atoms with Crippen molar-refractivity contribution in [3.8, 4) is 0 Å². The predicted molar refractivity (Wildman–Crippen MR) is 65.9 cm³/mol. The first-order valence-electron chi connectivity index (χ1n) is 6.78. The SMILES string of the molecule is CC1=CC2OCCON2C(C2CCCCC2)=C1. The number of allylic oxidation sites excluding steroid dienone is 3. The fraction of sp³-hybridized carbons (Fsp3) is 0.714. The van der Waals surface area contributed by atoms with E-state index in [1.165, 1.54) is 43.4 Å². The predicted octanol–water partition coefficient (Wildman–Crippen LogP) is 3.00. The van der Waals surface area contributed by atoms with Crippen LogP contribution in [0, 0.1) is 5.92 Å². The molecule has 0 aromatic heterocycles. The van der Waals surface area contributed by atoms with Crippen LogP contribution in [0.2, 0.25) is 0 Å². The van der Waals surface area contributed by atoms with E-state index in [9.17, 15) is 0 Å². The Kier molecular flexibility index (Phi) is 3.21. The molecule has 0 aromatic rings. The van der Waals surface area contributed by atoms with Crippen molar-refractivity contribution in [2.24, 2.45) is 5.92 Å². The van der Waals surface area contributed by atoms with Crippen LogP contribution in [0.15, 0.2) is 23.4 Å². The normalized spacial score (nSPS) is 30.6. The van der Waals surface area contributed by atoms with E-state index >= 15 is 0 Å². The van der Waals surface area contributed by atoms with Crippen molar-refractivity contribution in [3.63, 3.8) is 0 Å². The first-order valence-corrected chi connectivity index (χ1v) is 6.78. The topological polar surface area (TPSA) is 21.7 Å². The summed E-state index contributed by atoms with van der Waals surface area (Å²) in [4.78, 5) is 5.79. The summed E-state index contributed by atoms with van der Waals surface area (Å²) in [5.41, 5.74) is 2.65. The Morgan fingerprint density at radius 2 is 2.00 bits per heavy atom. The number of hydrogen-bond donors (Lipinski definition) is 0. The molecule has 1 saturated heterocycles. The lowest BCUT2D eigenvalue weighted by atomic mass is 9.85. The van der Waals surface area contributed by atoms with Crippen LogP contribution in [0.4, 0.5) is 0 Å². The molecule has 0 amide bonds. The molecule has 2 fully saturated rings. The molecule has 0 aromatic carbocycles. The summed E-state index contributed by atoms with van der Waals surface area (Å²) in [6.07, 6.45) is 11.1. The van der Waals surface area contributed by atoms with E-state index in [2.05, 4.69) is 19.1 Å². The number of hydrogen-bond acceptors (Lipinski definition) is 3. The third-order valence-electron chi connectivity index (χ3n) is 3.89. The van der Waals surface area contributed by atoms with Gasteiger partial charge in [-0.05, 0) is 37.5 Å². The number of rotatable bonds is 1. The zero-order chi connectivity index (χ0) is 11.7. The fourth-order valence-corrected chi connectivity index (χ4v) is 3.05. The Bertz CT molecular complexity index is 342. The minimum Gasteiger partial charge on any atom is -0.350 e. The van der Waals surface area contributed by atoms with Crippen molar-refractivity contribution >= 4 is 0 Å². The lowest BCUT2D eigenvalue weighted by Gasteiger charge is -2.41. The molecule has 1 unspecified atom stereocenters. The molecule has 1 saturated carbocycles. The van der Waals surface area contributed by atoms with Gasteiger partial charge >= 0.3 is 0 Å². The second kappa shape index (κ2) is 4.83.